The fraction of sp³-hybridized carbons (Fsp3) is 0.667. The van der Waals surface area contributed by atoms with Crippen LogP contribution in [0.25, 0.3) is 0 Å². The van der Waals surface area contributed by atoms with Crippen LogP contribution in [0.1, 0.15) is 25.1 Å². The number of aromatic nitrogens is 2. The number of anilines is 1. The van der Waals surface area contributed by atoms with Crippen LogP contribution in [0.3, 0.4) is 0 Å². The van der Waals surface area contributed by atoms with Gasteiger partial charge in [-0.3, -0.25) is 4.79 Å². The Kier molecular flexibility index (Phi) is 2.63. The molecule has 92 valence electrons. The minimum Gasteiger partial charge on any atom is -0.376 e. The highest BCUT2D eigenvalue weighted by atomic mass is 16.5. The highest BCUT2D eigenvalue weighted by Crippen LogP contribution is 2.39. The highest BCUT2D eigenvalue weighted by Gasteiger charge is 2.40. The van der Waals surface area contributed by atoms with Gasteiger partial charge >= 0.3 is 0 Å². The van der Waals surface area contributed by atoms with Crippen LogP contribution in [0.5, 0.6) is 0 Å². The Morgan fingerprint density at radius 3 is 3.00 bits per heavy atom. The molecule has 1 aliphatic carbocycles. The van der Waals surface area contributed by atoms with Crippen molar-refractivity contribution in [2.45, 2.75) is 38.3 Å². The fourth-order valence-corrected chi connectivity index (χ4v) is 2.50. The number of rotatable bonds is 3. The van der Waals surface area contributed by atoms with Gasteiger partial charge in [0.25, 0.3) is 5.56 Å². The van der Waals surface area contributed by atoms with E-state index in [4.69, 9.17) is 4.74 Å². The molecule has 0 aromatic carbocycles. The van der Waals surface area contributed by atoms with Crippen molar-refractivity contribution in [2.75, 3.05) is 11.9 Å². The number of aryl methyl sites for hydroxylation is 1. The topological polar surface area (TPSA) is 67.0 Å². The Labute approximate surface area is 99.6 Å². The van der Waals surface area contributed by atoms with Gasteiger partial charge in [-0.1, -0.05) is 0 Å². The lowest BCUT2D eigenvalue weighted by atomic mass is 10.1. The molecule has 2 heterocycles. The van der Waals surface area contributed by atoms with Crippen LogP contribution in [0.15, 0.2) is 10.9 Å². The van der Waals surface area contributed by atoms with E-state index >= 15 is 0 Å². The molecule has 0 amide bonds. The summed E-state index contributed by atoms with van der Waals surface area (Å²) in [5.41, 5.74) is -0.109. The molecular formula is C12H17N3O2. The van der Waals surface area contributed by atoms with Crippen molar-refractivity contribution in [2.24, 2.45) is 5.92 Å². The molecule has 5 nitrogen and oxygen atoms in total. The number of aromatic amines is 1. The molecular weight excluding hydrogens is 218 g/mol. The molecule has 2 unspecified atom stereocenters. The molecule has 0 spiro atoms. The molecule has 2 aliphatic rings. The Hall–Kier alpha value is -1.36. The molecule has 1 aromatic heterocycles. The summed E-state index contributed by atoms with van der Waals surface area (Å²) in [4.78, 5) is 18.3. The summed E-state index contributed by atoms with van der Waals surface area (Å²) in [6.45, 7) is 2.59. The first-order valence-corrected chi connectivity index (χ1v) is 6.18. The lowest BCUT2D eigenvalue weighted by Crippen LogP contribution is -2.32. The molecule has 1 saturated carbocycles. The standard InChI is InChI=1S/C12H17N3O2/c1-7-13-10(6-11(16)14-7)15-9-4-5-17-12(9)8-2-3-8/h6,8-9,12H,2-5H2,1H3,(H2,13,14,15,16). The van der Waals surface area contributed by atoms with Crippen LogP contribution in [-0.4, -0.2) is 28.7 Å². The minimum atomic E-state index is -0.109. The molecule has 2 atom stereocenters. The zero-order valence-electron chi connectivity index (χ0n) is 9.90. The van der Waals surface area contributed by atoms with E-state index in [1.807, 2.05) is 0 Å². The summed E-state index contributed by atoms with van der Waals surface area (Å²) in [5.74, 6) is 2.01. The number of hydrogen-bond acceptors (Lipinski definition) is 4. The number of hydrogen-bond donors (Lipinski definition) is 2. The van der Waals surface area contributed by atoms with Crippen molar-refractivity contribution < 1.29 is 4.74 Å². The molecule has 2 N–H and O–H groups in total. The summed E-state index contributed by atoms with van der Waals surface area (Å²) in [5, 5.41) is 3.34. The van der Waals surface area contributed by atoms with Gasteiger partial charge in [0.2, 0.25) is 0 Å². The van der Waals surface area contributed by atoms with Crippen LogP contribution >= 0.6 is 0 Å². The Bertz CT molecular complexity index is 467. The van der Waals surface area contributed by atoms with Gasteiger partial charge in [0.05, 0.1) is 12.1 Å². The van der Waals surface area contributed by atoms with Crippen LogP contribution in [-0.2, 0) is 4.74 Å². The molecule has 0 bridgehead atoms. The quantitative estimate of drug-likeness (QED) is 0.822. The second kappa shape index (κ2) is 4.14. The van der Waals surface area contributed by atoms with Crippen LogP contribution in [0.4, 0.5) is 5.82 Å². The average molecular weight is 235 g/mol. The summed E-state index contributed by atoms with van der Waals surface area (Å²) in [7, 11) is 0. The van der Waals surface area contributed by atoms with Crippen molar-refractivity contribution in [1.82, 2.24) is 9.97 Å². The summed E-state index contributed by atoms with van der Waals surface area (Å²) < 4.78 is 5.75. The minimum absolute atomic E-state index is 0.109. The maximum absolute atomic E-state index is 11.3. The largest absolute Gasteiger partial charge is 0.376 e. The van der Waals surface area contributed by atoms with Crippen molar-refractivity contribution in [3.63, 3.8) is 0 Å². The maximum atomic E-state index is 11.3. The van der Waals surface area contributed by atoms with Gasteiger partial charge in [-0.15, -0.1) is 0 Å². The highest BCUT2D eigenvalue weighted by molar-refractivity contribution is 5.35. The zero-order valence-corrected chi connectivity index (χ0v) is 9.90. The number of ether oxygens (including phenoxy) is 1. The van der Waals surface area contributed by atoms with Gasteiger partial charge in [-0.25, -0.2) is 4.98 Å². The van der Waals surface area contributed by atoms with E-state index in [0.717, 1.165) is 13.0 Å². The van der Waals surface area contributed by atoms with E-state index in [9.17, 15) is 4.79 Å². The molecule has 0 radical (unpaired) electrons. The van der Waals surface area contributed by atoms with E-state index in [0.29, 0.717) is 29.7 Å². The van der Waals surface area contributed by atoms with Gasteiger partial charge in [0.15, 0.2) is 0 Å². The lowest BCUT2D eigenvalue weighted by molar-refractivity contribution is 0.0898. The average Bonchev–Trinajstić information content (AvgIpc) is 2.99. The third kappa shape index (κ3) is 2.34. The normalized spacial score (nSPS) is 28.3. The lowest BCUT2D eigenvalue weighted by Gasteiger charge is -2.19. The second-order valence-electron chi connectivity index (χ2n) is 4.93. The van der Waals surface area contributed by atoms with Crippen molar-refractivity contribution >= 4 is 5.82 Å². The van der Waals surface area contributed by atoms with Crippen molar-refractivity contribution in [1.29, 1.82) is 0 Å². The van der Waals surface area contributed by atoms with E-state index in [1.165, 1.54) is 18.9 Å². The molecule has 1 aromatic rings. The molecule has 5 heteroatoms. The van der Waals surface area contributed by atoms with Crippen LogP contribution in [0.2, 0.25) is 0 Å². The van der Waals surface area contributed by atoms with Crippen LogP contribution < -0.4 is 10.9 Å². The SMILES string of the molecule is Cc1nc(NC2CCOC2C2CC2)cc(=O)[nH]1. The van der Waals surface area contributed by atoms with E-state index in [1.54, 1.807) is 6.92 Å². The first kappa shape index (κ1) is 10.8. The maximum Gasteiger partial charge on any atom is 0.252 e. The number of nitrogens with zero attached hydrogens (tertiary/aromatic N) is 1. The van der Waals surface area contributed by atoms with E-state index < -0.39 is 0 Å². The van der Waals surface area contributed by atoms with Gasteiger partial charge in [-0.05, 0) is 32.1 Å². The van der Waals surface area contributed by atoms with Crippen LogP contribution in [0, 0.1) is 12.8 Å². The first-order valence-electron chi connectivity index (χ1n) is 6.18. The fourth-order valence-electron chi connectivity index (χ4n) is 2.50. The second-order valence-corrected chi connectivity index (χ2v) is 4.93. The molecule has 1 saturated heterocycles. The number of H-pyrrole nitrogens is 1. The third-order valence-corrected chi connectivity index (χ3v) is 3.42. The van der Waals surface area contributed by atoms with Crippen molar-refractivity contribution in [3.05, 3.63) is 22.2 Å². The van der Waals surface area contributed by atoms with Gasteiger partial charge in [-0.2, -0.15) is 0 Å². The summed E-state index contributed by atoms with van der Waals surface area (Å²) in [6.07, 6.45) is 3.83. The predicted molar refractivity (Wildman–Crippen MR) is 64.1 cm³/mol. The zero-order chi connectivity index (χ0) is 11.8. The van der Waals surface area contributed by atoms with E-state index in [-0.39, 0.29) is 5.56 Å². The van der Waals surface area contributed by atoms with Gasteiger partial charge in [0, 0.05) is 12.7 Å². The Balaban J connectivity index is 1.74. The molecule has 1 aliphatic heterocycles. The summed E-state index contributed by atoms with van der Waals surface area (Å²) >= 11 is 0. The van der Waals surface area contributed by atoms with Gasteiger partial charge in [0.1, 0.15) is 11.6 Å². The monoisotopic (exact) mass is 235 g/mol. The first-order chi connectivity index (χ1) is 8.22. The van der Waals surface area contributed by atoms with Gasteiger partial charge < -0.3 is 15.0 Å². The predicted octanol–water partition coefficient (Wildman–Crippen LogP) is 1.06. The molecule has 2 fully saturated rings. The smallest absolute Gasteiger partial charge is 0.252 e. The third-order valence-electron chi connectivity index (χ3n) is 3.42. The molecule has 3 rings (SSSR count). The van der Waals surface area contributed by atoms with E-state index in [2.05, 4.69) is 15.3 Å². The Morgan fingerprint density at radius 1 is 1.47 bits per heavy atom. The number of nitrogens with one attached hydrogen (secondary N) is 2. The summed E-state index contributed by atoms with van der Waals surface area (Å²) in [6, 6.07) is 1.81. The Morgan fingerprint density at radius 2 is 2.29 bits per heavy atom. The van der Waals surface area contributed by atoms with Crippen molar-refractivity contribution in [3.8, 4) is 0 Å². The molecule has 17 heavy (non-hydrogen) atoms.